The number of hydrogen-bond acceptors (Lipinski definition) is 2. The Labute approximate surface area is 81.7 Å². The van der Waals surface area contributed by atoms with Crippen molar-refractivity contribution in [2.75, 3.05) is 19.6 Å². The van der Waals surface area contributed by atoms with Crippen LogP contribution in [0.25, 0.3) is 0 Å². The molecule has 2 fully saturated rings. The Morgan fingerprint density at radius 1 is 1.23 bits per heavy atom. The highest BCUT2D eigenvalue weighted by Gasteiger charge is 2.36. The zero-order valence-electron chi connectivity index (χ0n) is 9.09. The molecular formula is C11H22N2. The maximum absolute atomic E-state index is 3.59. The van der Waals surface area contributed by atoms with E-state index in [1.54, 1.807) is 0 Å². The van der Waals surface area contributed by atoms with Crippen LogP contribution in [-0.4, -0.2) is 36.6 Å². The minimum Gasteiger partial charge on any atom is -0.314 e. The number of rotatable bonds is 1. The number of nitrogens with zero attached hydrogens (tertiary/aromatic N) is 1. The molecular weight excluding hydrogens is 160 g/mol. The van der Waals surface area contributed by atoms with Gasteiger partial charge >= 0.3 is 0 Å². The van der Waals surface area contributed by atoms with Crippen molar-refractivity contribution in [3.63, 3.8) is 0 Å². The lowest BCUT2D eigenvalue weighted by Crippen LogP contribution is -2.41. The van der Waals surface area contributed by atoms with Crippen molar-refractivity contribution in [1.29, 1.82) is 0 Å². The molecule has 13 heavy (non-hydrogen) atoms. The van der Waals surface area contributed by atoms with Crippen molar-refractivity contribution in [2.45, 2.75) is 39.3 Å². The molecule has 0 radical (unpaired) electrons. The van der Waals surface area contributed by atoms with E-state index >= 15 is 0 Å². The minimum atomic E-state index is 0.737. The fraction of sp³-hybridized carbons (Fsp3) is 1.00. The molecule has 2 rings (SSSR count). The van der Waals surface area contributed by atoms with E-state index in [9.17, 15) is 0 Å². The summed E-state index contributed by atoms with van der Waals surface area (Å²) in [5, 5.41) is 3.59. The Balaban J connectivity index is 1.94. The molecule has 2 aliphatic heterocycles. The number of piperidine rings is 1. The molecule has 0 saturated carbocycles. The highest BCUT2D eigenvalue weighted by molar-refractivity contribution is 4.91. The van der Waals surface area contributed by atoms with Crippen LogP contribution in [-0.2, 0) is 0 Å². The van der Waals surface area contributed by atoms with Gasteiger partial charge in [-0.25, -0.2) is 0 Å². The number of nitrogens with one attached hydrogen (secondary N) is 1. The summed E-state index contributed by atoms with van der Waals surface area (Å²) < 4.78 is 0. The van der Waals surface area contributed by atoms with Crippen LogP contribution in [0.5, 0.6) is 0 Å². The molecule has 3 atom stereocenters. The summed E-state index contributed by atoms with van der Waals surface area (Å²) in [6, 6.07) is 1.48. The van der Waals surface area contributed by atoms with Gasteiger partial charge in [0.05, 0.1) is 0 Å². The lowest BCUT2D eigenvalue weighted by molar-refractivity contribution is 0.260. The van der Waals surface area contributed by atoms with Gasteiger partial charge in [0, 0.05) is 25.2 Å². The average molecular weight is 182 g/mol. The standard InChI is InChI=1S/C11H22N2/c1-8(2)13-6-10-4-9(3)12-5-11(10)7-13/h8-12H,4-7H2,1-3H3. The van der Waals surface area contributed by atoms with Gasteiger partial charge in [-0.1, -0.05) is 0 Å². The molecule has 3 unspecified atom stereocenters. The molecule has 2 saturated heterocycles. The molecule has 0 spiro atoms. The van der Waals surface area contributed by atoms with E-state index < -0.39 is 0 Å². The van der Waals surface area contributed by atoms with Crippen molar-refractivity contribution < 1.29 is 0 Å². The van der Waals surface area contributed by atoms with Crippen LogP contribution < -0.4 is 5.32 Å². The lowest BCUT2D eigenvalue weighted by Gasteiger charge is -2.29. The number of likely N-dealkylation sites (tertiary alicyclic amines) is 1. The van der Waals surface area contributed by atoms with Gasteiger partial charge < -0.3 is 10.2 Å². The SMILES string of the molecule is CC1CC2CN(C(C)C)CC2CN1. The van der Waals surface area contributed by atoms with Crippen LogP contribution in [0.2, 0.25) is 0 Å². The van der Waals surface area contributed by atoms with E-state index in [0.29, 0.717) is 0 Å². The van der Waals surface area contributed by atoms with Crippen molar-refractivity contribution in [1.82, 2.24) is 10.2 Å². The van der Waals surface area contributed by atoms with Crippen molar-refractivity contribution in [3.8, 4) is 0 Å². The Morgan fingerprint density at radius 3 is 2.62 bits per heavy atom. The predicted molar refractivity (Wildman–Crippen MR) is 55.8 cm³/mol. The van der Waals surface area contributed by atoms with Gasteiger partial charge in [-0.05, 0) is 45.6 Å². The number of fused-ring (bicyclic) bond motifs is 1. The molecule has 0 aliphatic carbocycles. The fourth-order valence-corrected chi connectivity index (χ4v) is 2.78. The van der Waals surface area contributed by atoms with Gasteiger partial charge in [-0.15, -0.1) is 0 Å². The van der Waals surface area contributed by atoms with Crippen molar-refractivity contribution in [3.05, 3.63) is 0 Å². The highest BCUT2D eigenvalue weighted by atomic mass is 15.2. The third-order valence-corrected chi connectivity index (χ3v) is 3.72. The summed E-state index contributed by atoms with van der Waals surface area (Å²) in [4.78, 5) is 2.63. The Bertz CT molecular complexity index is 179. The zero-order valence-corrected chi connectivity index (χ0v) is 9.09. The second-order valence-electron chi connectivity index (χ2n) is 5.11. The Morgan fingerprint density at radius 2 is 1.92 bits per heavy atom. The predicted octanol–water partition coefficient (Wildman–Crippen LogP) is 1.32. The fourth-order valence-electron chi connectivity index (χ4n) is 2.78. The maximum Gasteiger partial charge on any atom is 0.00420 e. The van der Waals surface area contributed by atoms with Crippen LogP contribution in [0.3, 0.4) is 0 Å². The van der Waals surface area contributed by atoms with Crippen molar-refractivity contribution in [2.24, 2.45) is 11.8 Å². The molecule has 0 aromatic heterocycles. The second-order valence-corrected chi connectivity index (χ2v) is 5.11. The summed E-state index contributed by atoms with van der Waals surface area (Å²) in [5.74, 6) is 1.90. The molecule has 2 heteroatoms. The van der Waals surface area contributed by atoms with Crippen LogP contribution in [0.4, 0.5) is 0 Å². The first-order valence-electron chi connectivity index (χ1n) is 5.64. The van der Waals surface area contributed by atoms with Gasteiger partial charge in [0.15, 0.2) is 0 Å². The molecule has 2 nitrogen and oxygen atoms in total. The van der Waals surface area contributed by atoms with Gasteiger partial charge in [0.2, 0.25) is 0 Å². The van der Waals surface area contributed by atoms with E-state index in [2.05, 4.69) is 31.0 Å². The smallest absolute Gasteiger partial charge is 0.00420 e. The molecule has 0 aromatic rings. The first-order chi connectivity index (χ1) is 6.16. The molecule has 1 N–H and O–H groups in total. The van der Waals surface area contributed by atoms with Gasteiger partial charge in [0.25, 0.3) is 0 Å². The van der Waals surface area contributed by atoms with Gasteiger partial charge in [-0.3, -0.25) is 0 Å². The summed E-state index contributed by atoms with van der Waals surface area (Å²) in [5.41, 5.74) is 0. The highest BCUT2D eigenvalue weighted by Crippen LogP contribution is 2.30. The summed E-state index contributed by atoms with van der Waals surface area (Å²) in [6.07, 6.45) is 1.38. The molecule has 0 bridgehead atoms. The third-order valence-electron chi connectivity index (χ3n) is 3.72. The quantitative estimate of drug-likeness (QED) is 0.658. The summed E-state index contributed by atoms with van der Waals surface area (Å²) in [7, 11) is 0. The Kier molecular flexibility index (Phi) is 2.61. The third kappa shape index (κ3) is 1.89. The minimum absolute atomic E-state index is 0.737. The van der Waals surface area contributed by atoms with E-state index in [0.717, 1.165) is 23.9 Å². The van der Waals surface area contributed by atoms with E-state index in [4.69, 9.17) is 0 Å². The first kappa shape index (κ1) is 9.47. The van der Waals surface area contributed by atoms with Crippen molar-refractivity contribution >= 4 is 0 Å². The second kappa shape index (κ2) is 3.58. The van der Waals surface area contributed by atoms with Crippen LogP contribution in [0.15, 0.2) is 0 Å². The summed E-state index contributed by atoms with van der Waals surface area (Å²) >= 11 is 0. The van der Waals surface area contributed by atoms with Crippen LogP contribution in [0, 0.1) is 11.8 Å². The maximum atomic E-state index is 3.59. The van der Waals surface area contributed by atoms with E-state index in [-0.39, 0.29) is 0 Å². The van der Waals surface area contributed by atoms with Crippen LogP contribution in [0.1, 0.15) is 27.2 Å². The number of hydrogen-bond donors (Lipinski definition) is 1. The van der Waals surface area contributed by atoms with Crippen LogP contribution >= 0.6 is 0 Å². The monoisotopic (exact) mass is 182 g/mol. The van der Waals surface area contributed by atoms with Gasteiger partial charge in [0.1, 0.15) is 0 Å². The topological polar surface area (TPSA) is 15.3 Å². The molecule has 2 heterocycles. The normalized spacial score (nSPS) is 41.1. The van der Waals surface area contributed by atoms with Gasteiger partial charge in [-0.2, -0.15) is 0 Å². The summed E-state index contributed by atoms with van der Waals surface area (Å²) in [6.45, 7) is 10.8. The van der Waals surface area contributed by atoms with E-state index in [1.807, 2.05) is 0 Å². The average Bonchev–Trinajstić information content (AvgIpc) is 2.46. The molecule has 0 aromatic carbocycles. The molecule has 76 valence electrons. The molecule has 2 aliphatic rings. The first-order valence-corrected chi connectivity index (χ1v) is 5.64. The Hall–Kier alpha value is -0.0800. The zero-order chi connectivity index (χ0) is 9.42. The van der Waals surface area contributed by atoms with E-state index in [1.165, 1.54) is 26.1 Å². The largest absolute Gasteiger partial charge is 0.314 e. The lowest BCUT2D eigenvalue weighted by atomic mass is 9.86. The molecule has 0 amide bonds.